The van der Waals surface area contributed by atoms with Crippen LogP contribution in [0.4, 0.5) is 10.1 Å². The van der Waals surface area contributed by atoms with Crippen molar-refractivity contribution in [2.45, 2.75) is 13.8 Å². The van der Waals surface area contributed by atoms with Crippen molar-refractivity contribution < 1.29 is 9.13 Å². The summed E-state index contributed by atoms with van der Waals surface area (Å²) < 4.78 is 20.1. The number of hydrogen-bond acceptors (Lipinski definition) is 4. The van der Waals surface area contributed by atoms with E-state index < -0.39 is 5.82 Å². The Labute approximate surface area is 149 Å². The summed E-state index contributed by atoms with van der Waals surface area (Å²) in [5, 5.41) is 7.90. The number of nitrogens with one attached hydrogen (secondary N) is 1. The van der Waals surface area contributed by atoms with Crippen LogP contribution in [0, 0.1) is 19.7 Å². The third kappa shape index (κ3) is 2.97. The average Bonchev–Trinajstić information content (AvgIpc) is 3.03. The van der Waals surface area contributed by atoms with Gasteiger partial charge in [-0.3, -0.25) is 10.1 Å². The molecule has 26 heavy (non-hydrogen) atoms. The smallest absolute Gasteiger partial charge is 0.167 e. The zero-order chi connectivity index (χ0) is 18.3. The highest BCUT2D eigenvalue weighted by Gasteiger charge is 2.14. The number of fused-ring (bicyclic) bond motifs is 1. The second-order valence-electron chi connectivity index (χ2n) is 6.24. The van der Waals surface area contributed by atoms with Crippen LogP contribution in [0.25, 0.3) is 22.0 Å². The van der Waals surface area contributed by atoms with Crippen molar-refractivity contribution in [3.63, 3.8) is 0 Å². The van der Waals surface area contributed by atoms with Crippen LogP contribution in [0.15, 0.2) is 48.7 Å². The van der Waals surface area contributed by atoms with E-state index in [0.29, 0.717) is 11.4 Å². The van der Waals surface area contributed by atoms with Crippen molar-refractivity contribution in [2.24, 2.45) is 0 Å². The summed E-state index contributed by atoms with van der Waals surface area (Å²) in [7, 11) is 0. The minimum Gasteiger partial charge on any atom is -0.454 e. The summed E-state index contributed by atoms with van der Waals surface area (Å²) in [5.41, 5.74) is 10.4. The molecule has 0 aliphatic heterocycles. The number of pyridine rings is 1. The maximum atomic E-state index is 14.2. The first kappa shape index (κ1) is 16.1. The SMILES string of the molecule is Cc1cc(-c2cc3[nH]ncc3cc2Oc2ccc(N)cc2F)cc(C)n1. The van der Waals surface area contributed by atoms with Crippen molar-refractivity contribution in [2.75, 3.05) is 5.73 Å². The molecule has 0 amide bonds. The lowest BCUT2D eigenvalue weighted by atomic mass is 10.0. The van der Waals surface area contributed by atoms with E-state index in [2.05, 4.69) is 15.2 Å². The third-order valence-corrected chi connectivity index (χ3v) is 4.11. The monoisotopic (exact) mass is 348 g/mol. The van der Waals surface area contributed by atoms with Crippen LogP contribution in [0.2, 0.25) is 0 Å². The number of rotatable bonds is 3. The Hall–Kier alpha value is -3.41. The number of hydrogen-bond donors (Lipinski definition) is 2. The van der Waals surface area contributed by atoms with Crippen LogP contribution in [-0.2, 0) is 0 Å². The van der Waals surface area contributed by atoms with Gasteiger partial charge >= 0.3 is 0 Å². The first-order chi connectivity index (χ1) is 12.5. The van der Waals surface area contributed by atoms with E-state index in [1.54, 1.807) is 12.3 Å². The van der Waals surface area contributed by atoms with Crippen LogP contribution in [0.5, 0.6) is 11.5 Å². The third-order valence-electron chi connectivity index (χ3n) is 4.11. The molecule has 4 rings (SSSR count). The molecule has 0 spiro atoms. The predicted octanol–water partition coefficient (Wildman–Crippen LogP) is 4.76. The zero-order valence-corrected chi connectivity index (χ0v) is 14.4. The van der Waals surface area contributed by atoms with Gasteiger partial charge in [-0.2, -0.15) is 5.10 Å². The predicted molar refractivity (Wildman–Crippen MR) is 99.7 cm³/mol. The summed E-state index contributed by atoms with van der Waals surface area (Å²) in [6.45, 7) is 3.87. The standard InChI is InChI=1S/C20H17FN4O/c1-11-5-13(6-12(2)24-11)16-9-18-14(10-23-25-18)7-20(16)26-19-4-3-15(22)8-17(19)21/h3-10H,22H2,1-2H3,(H,23,25). The molecule has 0 unspecified atom stereocenters. The van der Waals surface area contributed by atoms with Gasteiger partial charge in [0.05, 0.1) is 11.7 Å². The second kappa shape index (κ2) is 6.15. The highest BCUT2D eigenvalue weighted by Crippen LogP contribution is 2.37. The number of aromatic nitrogens is 3. The number of anilines is 1. The van der Waals surface area contributed by atoms with Gasteiger partial charge in [-0.05, 0) is 55.8 Å². The average molecular weight is 348 g/mol. The number of ether oxygens (including phenoxy) is 1. The summed E-state index contributed by atoms with van der Waals surface area (Å²) in [6, 6.07) is 12.1. The molecule has 4 aromatic rings. The normalized spacial score (nSPS) is 11.0. The maximum Gasteiger partial charge on any atom is 0.167 e. The summed E-state index contributed by atoms with van der Waals surface area (Å²) >= 11 is 0. The highest BCUT2D eigenvalue weighted by atomic mass is 19.1. The number of nitrogens with zero attached hydrogens (tertiary/aromatic N) is 2. The van der Waals surface area contributed by atoms with E-state index in [-0.39, 0.29) is 5.75 Å². The summed E-state index contributed by atoms with van der Waals surface area (Å²) in [6.07, 6.45) is 1.70. The van der Waals surface area contributed by atoms with Crippen molar-refractivity contribution in [1.29, 1.82) is 0 Å². The lowest BCUT2D eigenvalue weighted by Crippen LogP contribution is -1.95. The molecule has 2 heterocycles. The largest absolute Gasteiger partial charge is 0.454 e. The van der Waals surface area contributed by atoms with E-state index in [1.807, 2.05) is 38.1 Å². The Morgan fingerprint density at radius 1 is 1.00 bits per heavy atom. The number of benzene rings is 2. The molecule has 130 valence electrons. The van der Waals surface area contributed by atoms with Crippen LogP contribution < -0.4 is 10.5 Å². The fourth-order valence-corrected chi connectivity index (χ4v) is 2.99. The summed E-state index contributed by atoms with van der Waals surface area (Å²) in [4.78, 5) is 4.41. The minimum atomic E-state index is -0.509. The number of H-pyrrole nitrogens is 1. The number of nitrogen functional groups attached to an aromatic ring is 1. The molecule has 0 radical (unpaired) electrons. The Morgan fingerprint density at radius 2 is 1.77 bits per heavy atom. The molecule has 2 aromatic heterocycles. The van der Waals surface area contributed by atoms with E-state index in [1.165, 1.54) is 12.1 Å². The number of aromatic amines is 1. The topological polar surface area (TPSA) is 76.8 Å². The van der Waals surface area contributed by atoms with E-state index in [9.17, 15) is 4.39 Å². The van der Waals surface area contributed by atoms with Gasteiger partial charge in [-0.25, -0.2) is 4.39 Å². The Kier molecular flexibility index (Phi) is 3.80. The van der Waals surface area contributed by atoms with Crippen molar-refractivity contribution >= 4 is 16.6 Å². The van der Waals surface area contributed by atoms with E-state index in [4.69, 9.17) is 10.5 Å². The van der Waals surface area contributed by atoms with Crippen LogP contribution in [0.1, 0.15) is 11.4 Å². The molecule has 0 atom stereocenters. The molecular formula is C20H17FN4O. The molecule has 0 fully saturated rings. The quantitative estimate of drug-likeness (QED) is 0.524. The molecule has 0 saturated heterocycles. The minimum absolute atomic E-state index is 0.116. The van der Waals surface area contributed by atoms with E-state index >= 15 is 0 Å². The van der Waals surface area contributed by atoms with Crippen molar-refractivity contribution in [3.05, 3.63) is 65.9 Å². The van der Waals surface area contributed by atoms with Crippen molar-refractivity contribution in [3.8, 4) is 22.6 Å². The Morgan fingerprint density at radius 3 is 2.50 bits per heavy atom. The van der Waals surface area contributed by atoms with Crippen molar-refractivity contribution in [1.82, 2.24) is 15.2 Å². The second-order valence-corrected chi connectivity index (χ2v) is 6.24. The lowest BCUT2D eigenvalue weighted by Gasteiger charge is -2.13. The van der Waals surface area contributed by atoms with Crippen LogP contribution >= 0.6 is 0 Å². The van der Waals surface area contributed by atoms with Gasteiger partial charge in [-0.15, -0.1) is 0 Å². The Balaban J connectivity index is 1.89. The molecule has 2 aromatic carbocycles. The van der Waals surface area contributed by atoms with Gasteiger partial charge in [0.2, 0.25) is 0 Å². The highest BCUT2D eigenvalue weighted by molar-refractivity contribution is 5.88. The maximum absolute atomic E-state index is 14.2. The molecule has 6 heteroatoms. The van der Waals surface area contributed by atoms with Gasteiger partial charge in [0.1, 0.15) is 5.75 Å². The first-order valence-corrected chi connectivity index (χ1v) is 8.15. The molecule has 3 N–H and O–H groups in total. The zero-order valence-electron chi connectivity index (χ0n) is 14.4. The fourth-order valence-electron chi connectivity index (χ4n) is 2.99. The van der Waals surface area contributed by atoms with Crippen LogP contribution in [-0.4, -0.2) is 15.2 Å². The van der Waals surface area contributed by atoms with Gasteiger partial charge in [0.15, 0.2) is 11.6 Å². The van der Waals surface area contributed by atoms with Gasteiger partial charge in [-0.1, -0.05) is 0 Å². The molecular weight excluding hydrogens is 331 g/mol. The lowest BCUT2D eigenvalue weighted by molar-refractivity contribution is 0.444. The van der Waals surface area contributed by atoms with Gasteiger partial charge < -0.3 is 10.5 Å². The van der Waals surface area contributed by atoms with Crippen LogP contribution in [0.3, 0.4) is 0 Å². The number of nitrogens with two attached hydrogens (primary N) is 1. The number of halogens is 1. The molecule has 0 saturated carbocycles. The molecule has 5 nitrogen and oxygen atoms in total. The molecule has 0 aliphatic carbocycles. The fraction of sp³-hybridized carbons (Fsp3) is 0.100. The number of aryl methyl sites for hydroxylation is 2. The van der Waals surface area contributed by atoms with Gasteiger partial charge in [0.25, 0.3) is 0 Å². The summed E-state index contributed by atoms with van der Waals surface area (Å²) in [5.74, 6) is 0.142. The molecule has 0 aliphatic rings. The van der Waals surface area contributed by atoms with Gasteiger partial charge in [0, 0.05) is 34.1 Å². The molecule has 0 bridgehead atoms. The Bertz CT molecular complexity index is 1100. The van der Waals surface area contributed by atoms with E-state index in [0.717, 1.165) is 33.4 Å². The first-order valence-electron chi connectivity index (χ1n) is 8.15.